The van der Waals surface area contributed by atoms with Gasteiger partial charge in [0.1, 0.15) is 6.54 Å². The molecule has 0 aliphatic carbocycles. The summed E-state index contributed by atoms with van der Waals surface area (Å²) < 4.78 is 3.40. The predicted molar refractivity (Wildman–Crippen MR) is 83.4 cm³/mol. The summed E-state index contributed by atoms with van der Waals surface area (Å²) in [7, 11) is 0. The summed E-state index contributed by atoms with van der Waals surface area (Å²) in [4.78, 5) is 11.9. The zero-order valence-electron chi connectivity index (χ0n) is 12.3. The van der Waals surface area contributed by atoms with E-state index < -0.39 is 0 Å². The second kappa shape index (κ2) is 6.26. The SMILES string of the molecule is Cc1ccn(CC(=O)Nc2ccn(Cc3ccccc3)n2)n1. The van der Waals surface area contributed by atoms with Crippen LogP contribution in [0.15, 0.2) is 54.9 Å². The zero-order valence-corrected chi connectivity index (χ0v) is 12.3. The van der Waals surface area contributed by atoms with Crippen LogP contribution in [0.1, 0.15) is 11.3 Å². The molecule has 0 saturated carbocycles. The van der Waals surface area contributed by atoms with Crippen LogP contribution >= 0.6 is 0 Å². The van der Waals surface area contributed by atoms with Gasteiger partial charge in [0.15, 0.2) is 5.82 Å². The van der Waals surface area contributed by atoms with Crippen LogP contribution in [0.25, 0.3) is 0 Å². The normalized spacial score (nSPS) is 10.6. The Morgan fingerprint density at radius 2 is 1.82 bits per heavy atom. The molecule has 3 rings (SSSR count). The fourth-order valence-electron chi connectivity index (χ4n) is 2.17. The summed E-state index contributed by atoms with van der Waals surface area (Å²) in [5, 5.41) is 11.3. The standard InChI is InChI=1S/C16H17N5O/c1-13-7-9-21(18-13)12-16(22)17-15-8-10-20(19-15)11-14-5-3-2-4-6-14/h2-10H,11-12H2,1H3,(H,17,19,22). The molecule has 3 aromatic rings. The minimum atomic E-state index is -0.145. The summed E-state index contributed by atoms with van der Waals surface area (Å²) >= 11 is 0. The molecule has 0 unspecified atom stereocenters. The molecule has 0 aliphatic heterocycles. The lowest BCUT2D eigenvalue weighted by molar-refractivity contribution is -0.116. The third kappa shape index (κ3) is 3.60. The maximum atomic E-state index is 11.9. The number of aromatic nitrogens is 4. The van der Waals surface area contributed by atoms with Crippen LogP contribution in [0.4, 0.5) is 5.82 Å². The lowest BCUT2D eigenvalue weighted by atomic mass is 10.2. The van der Waals surface area contributed by atoms with Gasteiger partial charge in [-0.25, -0.2) is 0 Å². The molecule has 6 nitrogen and oxygen atoms in total. The van der Waals surface area contributed by atoms with E-state index in [1.807, 2.05) is 49.5 Å². The largest absolute Gasteiger partial charge is 0.308 e. The van der Waals surface area contributed by atoms with E-state index in [1.54, 1.807) is 21.6 Å². The highest BCUT2D eigenvalue weighted by atomic mass is 16.2. The Bertz CT molecular complexity index is 760. The van der Waals surface area contributed by atoms with Gasteiger partial charge in [-0.3, -0.25) is 14.2 Å². The number of nitrogens with one attached hydrogen (secondary N) is 1. The van der Waals surface area contributed by atoms with Gasteiger partial charge in [-0.1, -0.05) is 30.3 Å². The van der Waals surface area contributed by atoms with E-state index in [9.17, 15) is 4.79 Å². The van der Waals surface area contributed by atoms with Crippen LogP contribution in [-0.4, -0.2) is 25.5 Å². The maximum Gasteiger partial charge on any atom is 0.247 e. The highest BCUT2D eigenvalue weighted by Gasteiger charge is 2.07. The molecule has 0 spiro atoms. The van der Waals surface area contributed by atoms with Gasteiger partial charge in [0.05, 0.1) is 12.2 Å². The fraction of sp³-hybridized carbons (Fsp3) is 0.188. The number of anilines is 1. The van der Waals surface area contributed by atoms with Gasteiger partial charge in [-0.2, -0.15) is 10.2 Å². The van der Waals surface area contributed by atoms with E-state index in [2.05, 4.69) is 15.5 Å². The number of amides is 1. The number of nitrogens with zero attached hydrogens (tertiary/aromatic N) is 4. The van der Waals surface area contributed by atoms with Gasteiger partial charge in [-0.05, 0) is 18.6 Å². The number of aryl methyl sites for hydroxylation is 1. The van der Waals surface area contributed by atoms with Crippen molar-refractivity contribution in [2.45, 2.75) is 20.0 Å². The number of benzene rings is 1. The molecule has 2 aromatic heterocycles. The molecule has 0 bridgehead atoms. The summed E-state index contributed by atoms with van der Waals surface area (Å²) in [6, 6.07) is 13.7. The first kappa shape index (κ1) is 14.1. The smallest absolute Gasteiger partial charge is 0.247 e. The van der Waals surface area contributed by atoms with Crippen LogP contribution in [0, 0.1) is 6.92 Å². The molecule has 0 atom stereocenters. The molecule has 112 valence electrons. The molecule has 0 fully saturated rings. The van der Waals surface area contributed by atoms with E-state index in [4.69, 9.17) is 0 Å². The Balaban J connectivity index is 1.58. The van der Waals surface area contributed by atoms with Crippen LogP contribution in [0.5, 0.6) is 0 Å². The lowest BCUT2D eigenvalue weighted by Gasteiger charge is -2.03. The molecule has 22 heavy (non-hydrogen) atoms. The number of rotatable bonds is 5. The van der Waals surface area contributed by atoms with Gasteiger partial charge >= 0.3 is 0 Å². The summed E-state index contributed by atoms with van der Waals surface area (Å²) in [5.74, 6) is 0.401. The molecule has 1 amide bonds. The van der Waals surface area contributed by atoms with E-state index >= 15 is 0 Å². The van der Waals surface area contributed by atoms with Gasteiger partial charge in [0.2, 0.25) is 5.91 Å². The van der Waals surface area contributed by atoms with E-state index in [0.717, 1.165) is 11.3 Å². The fourth-order valence-corrected chi connectivity index (χ4v) is 2.17. The van der Waals surface area contributed by atoms with E-state index in [-0.39, 0.29) is 12.5 Å². The molecular weight excluding hydrogens is 278 g/mol. The van der Waals surface area contributed by atoms with Crippen molar-refractivity contribution in [3.05, 3.63) is 66.1 Å². The third-order valence-corrected chi connectivity index (χ3v) is 3.18. The first-order valence-corrected chi connectivity index (χ1v) is 7.06. The topological polar surface area (TPSA) is 64.7 Å². The van der Waals surface area contributed by atoms with Gasteiger partial charge in [0.25, 0.3) is 0 Å². The second-order valence-electron chi connectivity index (χ2n) is 5.09. The summed E-state index contributed by atoms with van der Waals surface area (Å²) in [6.45, 7) is 2.74. The number of carbonyl (C=O) groups excluding carboxylic acids is 1. The molecular formula is C16H17N5O. The van der Waals surface area contributed by atoms with Crippen LogP contribution < -0.4 is 5.32 Å². The Hall–Kier alpha value is -2.89. The average Bonchev–Trinajstić information content (AvgIpc) is 3.09. The van der Waals surface area contributed by atoms with Crippen molar-refractivity contribution in [1.29, 1.82) is 0 Å². The van der Waals surface area contributed by atoms with Crippen LogP contribution in [0.2, 0.25) is 0 Å². The van der Waals surface area contributed by atoms with Gasteiger partial charge < -0.3 is 5.32 Å². The van der Waals surface area contributed by atoms with Crippen LogP contribution in [0.3, 0.4) is 0 Å². The van der Waals surface area contributed by atoms with Crippen molar-refractivity contribution in [1.82, 2.24) is 19.6 Å². The average molecular weight is 295 g/mol. The molecule has 6 heteroatoms. The number of hydrogen-bond acceptors (Lipinski definition) is 3. The minimum absolute atomic E-state index is 0.145. The van der Waals surface area contributed by atoms with E-state index in [1.165, 1.54) is 0 Å². The molecule has 0 saturated heterocycles. The van der Waals surface area contributed by atoms with Crippen molar-refractivity contribution in [3.8, 4) is 0 Å². The highest BCUT2D eigenvalue weighted by Crippen LogP contribution is 2.06. The third-order valence-electron chi connectivity index (χ3n) is 3.18. The lowest BCUT2D eigenvalue weighted by Crippen LogP contribution is -2.19. The first-order chi connectivity index (χ1) is 10.7. The first-order valence-electron chi connectivity index (χ1n) is 7.06. The van der Waals surface area contributed by atoms with Crippen LogP contribution in [-0.2, 0) is 17.9 Å². The van der Waals surface area contributed by atoms with Crippen molar-refractivity contribution in [2.75, 3.05) is 5.32 Å². The van der Waals surface area contributed by atoms with Crippen molar-refractivity contribution in [3.63, 3.8) is 0 Å². The van der Waals surface area contributed by atoms with Crippen molar-refractivity contribution < 1.29 is 4.79 Å². The Morgan fingerprint density at radius 1 is 1.05 bits per heavy atom. The Morgan fingerprint density at radius 3 is 2.55 bits per heavy atom. The van der Waals surface area contributed by atoms with Gasteiger partial charge in [0, 0.05) is 18.5 Å². The second-order valence-corrected chi connectivity index (χ2v) is 5.09. The Labute approximate surface area is 128 Å². The molecule has 0 aliphatic rings. The Kier molecular flexibility index (Phi) is 4.00. The van der Waals surface area contributed by atoms with Gasteiger partial charge in [-0.15, -0.1) is 0 Å². The predicted octanol–water partition coefficient (Wildman–Crippen LogP) is 2.08. The molecule has 1 N–H and O–H groups in total. The molecule has 2 heterocycles. The van der Waals surface area contributed by atoms with E-state index in [0.29, 0.717) is 12.4 Å². The molecule has 0 radical (unpaired) electrons. The quantitative estimate of drug-likeness (QED) is 0.783. The minimum Gasteiger partial charge on any atom is -0.308 e. The summed E-state index contributed by atoms with van der Waals surface area (Å²) in [6.07, 6.45) is 3.63. The molecule has 1 aromatic carbocycles. The zero-order chi connectivity index (χ0) is 15.4. The number of hydrogen-bond donors (Lipinski definition) is 1. The summed E-state index contributed by atoms with van der Waals surface area (Å²) in [5.41, 5.74) is 2.05. The number of carbonyl (C=O) groups is 1. The monoisotopic (exact) mass is 295 g/mol. The van der Waals surface area contributed by atoms with Crippen molar-refractivity contribution in [2.24, 2.45) is 0 Å². The highest BCUT2D eigenvalue weighted by molar-refractivity contribution is 5.89. The van der Waals surface area contributed by atoms with Crippen molar-refractivity contribution >= 4 is 11.7 Å². The maximum absolute atomic E-state index is 11.9.